The maximum Gasteiger partial charge on any atom is 0.123 e. The van der Waals surface area contributed by atoms with Gasteiger partial charge >= 0.3 is 0 Å². The van der Waals surface area contributed by atoms with Crippen LogP contribution in [0.3, 0.4) is 0 Å². The van der Waals surface area contributed by atoms with Crippen molar-refractivity contribution in [1.82, 2.24) is 5.32 Å². The highest BCUT2D eigenvalue weighted by molar-refractivity contribution is 5.37. The van der Waals surface area contributed by atoms with Gasteiger partial charge in [0, 0.05) is 12.6 Å². The largest absolute Gasteiger partial charge is 0.496 e. The fourth-order valence-corrected chi connectivity index (χ4v) is 2.91. The maximum atomic E-state index is 12.8. The highest BCUT2D eigenvalue weighted by Gasteiger charge is 2.31. The number of methoxy groups -OCH3 is 1. The Bertz CT molecular complexity index is 590. The second kappa shape index (κ2) is 6.27. The summed E-state index contributed by atoms with van der Waals surface area (Å²) >= 11 is 0. The van der Waals surface area contributed by atoms with Gasteiger partial charge in [-0.15, -0.1) is 0 Å². The van der Waals surface area contributed by atoms with Crippen LogP contribution in [0.1, 0.15) is 29.9 Å². The van der Waals surface area contributed by atoms with Crippen LogP contribution in [-0.4, -0.2) is 13.2 Å². The molecule has 1 aliphatic rings. The Morgan fingerprint density at radius 2 is 1.81 bits per heavy atom. The maximum absolute atomic E-state index is 12.8. The molecule has 3 heteroatoms. The van der Waals surface area contributed by atoms with E-state index in [0.29, 0.717) is 12.0 Å². The summed E-state index contributed by atoms with van der Waals surface area (Å²) in [5.74, 6) is 1.38. The van der Waals surface area contributed by atoms with Gasteiger partial charge < -0.3 is 10.1 Å². The summed E-state index contributed by atoms with van der Waals surface area (Å²) in [4.78, 5) is 0. The van der Waals surface area contributed by atoms with Crippen LogP contribution < -0.4 is 10.1 Å². The predicted octanol–water partition coefficient (Wildman–Crippen LogP) is 3.87. The third-order valence-electron chi connectivity index (χ3n) is 4.22. The summed E-state index contributed by atoms with van der Waals surface area (Å²) in [5.41, 5.74) is 2.43. The van der Waals surface area contributed by atoms with Crippen molar-refractivity contribution in [3.05, 3.63) is 65.5 Å². The second-order valence-corrected chi connectivity index (χ2v) is 5.61. The van der Waals surface area contributed by atoms with Gasteiger partial charge in [-0.2, -0.15) is 0 Å². The van der Waals surface area contributed by atoms with Crippen LogP contribution in [0.2, 0.25) is 0 Å². The first kappa shape index (κ1) is 14.1. The van der Waals surface area contributed by atoms with Crippen LogP contribution in [0.5, 0.6) is 5.75 Å². The van der Waals surface area contributed by atoms with Crippen LogP contribution in [0.15, 0.2) is 48.5 Å². The van der Waals surface area contributed by atoms with Gasteiger partial charge in [-0.05, 0) is 48.1 Å². The third kappa shape index (κ3) is 3.24. The topological polar surface area (TPSA) is 21.3 Å². The number of para-hydroxylation sites is 1. The molecular formula is C18H20FNO. The zero-order valence-corrected chi connectivity index (χ0v) is 12.2. The van der Waals surface area contributed by atoms with E-state index < -0.39 is 0 Å². The lowest BCUT2D eigenvalue weighted by Crippen LogP contribution is -2.39. The average molecular weight is 285 g/mol. The molecule has 2 aromatic rings. The molecule has 0 atom stereocenters. The zero-order chi connectivity index (χ0) is 14.7. The first-order chi connectivity index (χ1) is 10.3. The molecule has 3 rings (SSSR count). The lowest BCUT2D eigenvalue weighted by molar-refractivity contribution is 0.282. The smallest absolute Gasteiger partial charge is 0.123 e. The molecule has 0 unspecified atom stereocenters. The van der Waals surface area contributed by atoms with Gasteiger partial charge in [0.05, 0.1) is 7.11 Å². The van der Waals surface area contributed by atoms with E-state index in [1.165, 1.54) is 17.7 Å². The molecule has 1 N–H and O–H groups in total. The molecule has 0 bridgehead atoms. The Morgan fingerprint density at radius 1 is 1.10 bits per heavy atom. The average Bonchev–Trinajstić information content (AvgIpc) is 2.48. The number of hydrogen-bond acceptors (Lipinski definition) is 2. The molecule has 0 radical (unpaired) electrons. The van der Waals surface area contributed by atoms with Crippen LogP contribution in [-0.2, 0) is 6.54 Å². The van der Waals surface area contributed by atoms with E-state index in [1.807, 2.05) is 24.3 Å². The van der Waals surface area contributed by atoms with E-state index in [9.17, 15) is 4.39 Å². The Labute approximate surface area is 125 Å². The number of halogens is 1. The highest BCUT2D eigenvalue weighted by Crippen LogP contribution is 2.40. The van der Waals surface area contributed by atoms with Crippen molar-refractivity contribution in [2.24, 2.45) is 0 Å². The lowest BCUT2D eigenvalue weighted by atomic mass is 9.75. The van der Waals surface area contributed by atoms with Gasteiger partial charge in [-0.3, -0.25) is 0 Å². The molecule has 21 heavy (non-hydrogen) atoms. The fourth-order valence-electron chi connectivity index (χ4n) is 2.91. The summed E-state index contributed by atoms with van der Waals surface area (Å²) < 4.78 is 18.3. The molecule has 0 aliphatic heterocycles. The molecular weight excluding hydrogens is 265 g/mol. The summed E-state index contributed by atoms with van der Waals surface area (Å²) in [7, 11) is 1.72. The number of rotatable bonds is 5. The Kier molecular flexibility index (Phi) is 4.20. The number of nitrogens with one attached hydrogen (secondary N) is 1. The van der Waals surface area contributed by atoms with Gasteiger partial charge in [0.1, 0.15) is 11.6 Å². The van der Waals surface area contributed by atoms with Crippen molar-refractivity contribution in [3.63, 3.8) is 0 Å². The normalized spacial score (nSPS) is 20.9. The molecule has 0 saturated heterocycles. The van der Waals surface area contributed by atoms with E-state index in [0.717, 1.165) is 30.7 Å². The van der Waals surface area contributed by atoms with Gasteiger partial charge in [0.2, 0.25) is 0 Å². The van der Waals surface area contributed by atoms with Gasteiger partial charge in [-0.25, -0.2) is 4.39 Å². The molecule has 0 spiro atoms. The number of benzene rings is 2. The molecule has 0 amide bonds. The standard InChI is InChI=1S/C18H20FNO/c1-21-18-5-3-2-4-17(18)14-10-16(11-14)20-12-13-6-8-15(19)9-7-13/h2-9,14,16,20H,10-12H2,1H3. The molecule has 1 fully saturated rings. The van der Waals surface area contributed by atoms with Gasteiger partial charge in [0.15, 0.2) is 0 Å². The van der Waals surface area contributed by atoms with E-state index >= 15 is 0 Å². The third-order valence-corrected chi connectivity index (χ3v) is 4.22. The molecule has 2 nitrogen and oxygen atoms in total. The Morgan fingerprint density at radius 3 is 2.52 bits per heavy atom. The van der Waals surface area contributed by atoms with E-state index in [-0.39, 0.29) is 5.82 Å². The number of hydrogen-bond donors (Lipinski definition) is 1. The molecule has 110 valence electrons. The van der Waals surface area contributed by atoms with Crippen LogP contribution >= 0.6 is 0 Å². The summed E-state index contributed by atoms with van der Waals surface area (Å²) in [6.07, 6.45) is 2.25. The van der Waals surface area contributed by atoms with Crippen molar-refractivity contribution in [1.29, 1.82) is 0 Å². The quantitative estimate of drug-likeness (QED) is 0.900. The highest BCUT2D eigenvalue weighted by atomic mass is 19.1. The molecule has 1 aliphatic carbocycles. The van der Waals surface area contributed by atoms with E-state index in [4.69, 9.17) is 4.74 Å². The first-order valence-electron chi connectivity index (χ1n) is 7.37. The minimum atomic E-state index is -0.182. The van der Waals surface area contributed by atoms with Crippen molar-refractivity contribution in [2.75, 3.05) is 7.11 Å². The minimum absolute atomic E-state index is 0.182. The SMILES string of the molecule is COc1ccccc1C1CC(NCc2ccc(F)cc2)C1. The zero-order valence-electron chi connectivity index (χ0n) is 12.2. The van der Waals surface area contributed by atoms with E-state index in [2.05, 4.69) is 17.4 Å². The van der Waals surface area contributed by atoms with E-state index in [1.54, 1.807) is 7.11 Å². The number of ether oxygens (including phenoxy) is 1. The van der Waals surface area contributed by atoms with Gasteiger partial charge in [0.25, 0.3) is 0 Å². The molecule has 2 aromatic carbocycles. The Hall–Kier alpha value is -1.87. The van der Waals surface area contributed by atoms with Gasteiger partial charge in [-0.1, -0.05) is 30.3 Å². The monoisotopic (exact) mass is 285 g/mol. The van der Waals surface area contributed by atoms with Crippen LogP contribution in [0, 0.1) is 5.82 Å². The molecule has 1 saturated carbocycles. The van der Waals surface area contributed by atoms with Crippen LogP contribution in [0.25, 0.3) is 0 Å². The second-order valence-electron chi connectivity index (χ2n) is 5.61. The van der Waals surface area contributed by atoms with Crippen molar-refractivity contribution >= 4 is 0 Å². The first-order valence-corrected chi connectivity index (χ1v) is 7.37. The molecule has 0 aromatic heterocycles. The minimum Gasteiger partial charge on any atom is -0.496 e. The van der Waals surface area contributed by atoms with Crippen molar-refractivity contribution < 1.29 is 9.13 Å². The lowest BCUT2D eigenvalue weighted by Gasteiger charge is -2.37. The van der Waals surface area contributed by atoms with Crippen molar-refractivity contribution in [3.8, 4) is 5.75 Å². The fraction of sp³-hybridized carbons (Fsp3) is 0.333. The summed E-state index contributed by atoms with van der Waals surface area (Å²) in [6.45, 7) is 0.795. The summed E-state index contributed by atoms with van der Waals surface area (Å²) in [5, 5.41) is 3.53. The summed E-state index contributed by atoms with van der Waals surface area (Å²) in [6, 6.07) is 15.5. The predicted molar refractivity (Wildman–Crippen MR) is 82.0 cm³/mol. The molecule has 0 heterocycles. The van der Waals surface area contributed by atoms with Crippen LogP contribution in [0.4, 0.5) is 4.39 Å². The van der Waals surface area contributed by atoms with Crippen molar-refractivity contribution in [2.45, 2.75) is 31.3 Å². The Balaban J connectivity index is 1.50.